The zero-order valence-electron chi connectivity index (χ0n) is 18.9. The highest BCUT2D eigenvalue weighted by Crippen LogP contribution is 2.30. The van der Waals surface area contributed by atoms with E-state index >= 15 is 0 Å². The van der Waals surface area contributed by atoms with E-state index in [0.717, 1.165) is 34.7 Å². The second-order valence-corrected chi connectivity index (χ2v) is 9.64. The molecule has 3 aromatic rings. The summed E-state index contributed by atoms with van der Waals surface area (Å²) in [5.41, 5.74) is 3.85. The number of benzene rings is 2. The van der Waals surface area contributed by atoms with E-state index in [1.807, 2.05) is 43.0 Å². The number of hydrogen-bond acceptors (Lipinski definition) is 4. The number of amides is 2. The molecule has 0 saturated carbocycles. The normalized spacial score (nSPS) is 14.3. The van der Waals surface area contributed by atoms with Gasteiger partial charge in [-0.25, -0.2) is 9.37 Å². The van der Waals surface area contributed by atoms with Crippen LogP contribution in [0.15, 0.2) is 48.5 Å². The summed E-state index contributed by atoms with van der Waals surface area (Å²) in [5, 5.41) is 3.77. The van der Waals surface area contributed by atoms with Crippen LogP contribution in [0.3, 0.4) is 0 Å². The minimum Gasteiger partial charge on any atom is -0.352 e. The van der Waals surface area contributed by atoms with Gasteiger partial charge in [-0.3, -0.25) is 9.59 Å². The van der Waals surface area contributed by atoms with Gasteiger partial charge in [0.2, 0.25) is 5.91 Å². The SMILES string of the molecule is Cc1ccc(-c2nc(C)c(C(=O)N3CCC(CC(=O)NCc4ccc(F)cc4)CC3)s2)cc1. The van der Waals surface area contributed by atoms with Gasteiger partial charge >= 0.3 is 0 Å². The van der Waals surface area contributed by atoms with Crippen LogP contribution in [-0.4, -0.2) is 34.8 Å². The Bertz CT molecular complexity index is 1120. The Morgan fingerprint density at radius 2 is 1.73 bits per heavy atom. The van der Waals surface area contributed by atoms with Crippen LogP contribution in [0.5, 0.6) is 0 Å². The monoisotopic (exact) mass is 465 g/mol. The van der Waals surface area contributed by atoms with Gasteiger partial charge < -0.3 is 10.2 Å². The standard InChI is InChI=1S/C26H28FN3O2S/c1-17-3-7-21(8-4-17)25-29-18(2)24(33-25)26(32)30-13-11-19(12-14-30)15-23(31)28-16-20-5-9-22(27)10-6-20/h3-10,19H,11-16H2,1-2H3,(H,28,31). The summed E-state index contributed by atoms with van der Waals surface area (Å²) in [7, 11) is 0. The van der Waals surface area contributed by atoms with Gasteiger partial charge in [0.05, 0.1) is 5.69 Å². The molecule has 0 aliphatic carbocycles. The van der Waals surface area contributed by atoms with Crippen LogP contribution < -0.4 is 5.32 Å². The van der Waals surface area contributed by atoms with Gasteiger partial charge in [0.15, 0.2) is 0 Å². The van der Waals surface area contributed by atoms with Crippen LogP contribution in [0.25, 0.3) is 10.6 Å². The highest BCUT2D eigenvalue weighted by molar-refractivity contribution is 7.17. The summed E-state index contributed by atoms with van der Waals surface area (Å²) < 4.78 is 13.0. The predicted molar refractivity (Wildman–Crippen MR) is 129 cm³/mol. The molecule has 0 atom stereocenters. The molecule has 2 aromatic carbocycles. The van der Waals surface area contributed by atoms with Gasteiger partial charge in [0.1, 0.15) is 15.7 Å². The lowest BCUT2D eigenvalue weighted by Gasteiger charge is -2.31. The van der Waals surface area contributed by atoms with Crippen LogP contribution in [0.1, 0.15) is 45.8 Å². The van der Waals surface area contributed by atoms with Gasteiger partial charge in [-0.1, -0.05) is 42.0 Å². The first-order chi connectivity index (χ1) is 15.9. The van der Waals surface area contributed by atoms with E-state index in [1.54, 1.807) is 12.1 Å². The fraction of sp³-hybridized carbons (Fsp3) is 0.346. The molecular formula is C26H28FN3O2S. The third-order valence-corrected chi connectivity index (χ3v) is 7.26. The number of nitrogens with zero attached hydrogens (tertiary/aromatic N) is 2. The fourth-order valence-corrected chi connectivity index (χ4v) is 5.08. The predicted octanol–water partition coefficient (Wildman–Crippen LogP) is 5.12. The number of hydrogen-bond donors (Lipinski definition) is 1. The minimum atomic E-state index is -0.286. The van der Waals surface area contributed by atoms with Crippen molar-refractivity contribution in [2.24, 2.45) is 5.92 Å². The molecule has 1 fully saturated rings. The van der Waals surface area contributed by atoms with E-state index in [4.69, 9.17) is 0 Å². The molecule has 0 unspecified atom stereocenters. The number of aromatic nitrogens is 1. The Labute approximate surface area is 197 Å². The average molecular weight is 466 g/mol. The number of rotatable bonds is 6. The molecule has 5 nitrogen and oxygen atoms in total. The first-order valence-corrected chi connectivity index (χ1v) is 12.1. The van der Waals surface area contributed by atoms with E-state index in [0.29, 0.717) is 30.9 Å². The summed E-state index contributed by atoms with van der Waals surface area (Å²) in [4.78, 5) is 32.6. The fourth-order valence-electron chi connectivity index (χ4n) is 4.04. The Morgan fingerprint density at radius 1 is 1.06 bits per heavy atom. The van der Waals surface area contributed by atoms with Gasteiger partial charge in [-0.15, -0.1) is 11.3 Å². The molecule has 7 heteroatoms. The Kier molecular flexibility index (Phi) is 7.18. The van der Waals surface area contributed by atoms with Crippen LogP contribution >= 0.6 is 11.3 Å². The number of halogens is 1. The molecule has 172 valence electrons. The summed E-state index contributed by atoms with van der Waals surface area (Å²) in [5.74, 6) is -0.00746. The number of thiazole rings is 1. The van der Waals surface area contributed by atoms with E-state index in [1.165, 1.54) is 29.0 Å². The van der Waals surface area contributed by atoms with Crippen molar-refractivity contribution in [3.8, 4) is 10.6 Å². The second-order valence-electron chi connectivity index (χ2n) is 8.64. The minimum absolute atomic E-state index is 0.00913. The summed E-state index contributed by atoms with van der Waals surface area (Å²) in [6.07, 6.45) is 2.05. The number of piperidine rings is 1. The zero-order valence-corrected chi connectivity index (χ0v) is 19.8. The quantitative estimate of drug-likeness (QED) is 0.549. The molecular weight excluding hydrogens is 437 g/mol. The Morgan fingerprint density at radius 3 is 2.39 bits per heavy atom. The van der Waals surface area contributed by atoms with Crippen LogP contribution in [-0.2, 0) is 11.3 Å². The molecule has 4 rings (SSSR count). The molecule has 1 aliphatic rings. The van der Waals surface area contributed by atoms with Crippen LogP contribution in [0.4, 0.5) is 4.39 Å². The third-order valence-electron chi connectivity index (χ3n) is 6.07. The number of carbonyl (C=O) groups excluding carboxylic acids is 2. The van der Waals surface area contributed by atoms with Crippen molar-refractivity contribution >= 4 is 23.2 Å². The van der Waals surface area contributed by atoms with Crippen molar-refractivity contribution in [2.75, 3.05) is 13.1 Å². The Hall–Kier alpha value is -3.06. The first-order valence-electron chi connectivity index (χ1n) is 11.2. The van der Waals surface area contributed by atoms with Gasteiger partial charge in [-0.2, -0.15) is 0 Å². The molecule has 0 bridgehead atoms. The summed E-state index contributed by atoms with van der Waals surface area (Å²) >= 11 is 1.45. The summed E-state index contributed by atoms with van der Waals surface area (Å²) in [6.45, 7) is 5.62. The number of likely N-dealkylation sites (tertiary alicyclic amines) is 1. The topological polar surface area (TPSA) is 62.3 Å². The molecule has 0 spiro atoms. The maximum atomic E-state index is 13.1. The van der Waals surface area contributed by atoms with E-state index in [-0.39, 0.29) is 23.5 Å². The molecule has 1 aliphatic heterocycles. The van der Waals surface area contributed by atoms with Crippen molar-refractivity contribution in [3.05, 3.63) is 76.0 Å². The number of aryl methyl sites for hydroxylation is 2. The molecule has 1 saturated heterocycles. The lowest BCUT2D eigenvalue weighted by atomic mass is 9.93. The second kappa shape index (κ2) is 10.3. The van der Waals surface area contributed by atoms with Crippen molar-refractivity contribution in [2.45, 2.75) is 39.7 Å². The summed E-state index contributed by atoms with van der Waals surface area (Å²) in [6, 6.07) is 14.3. The number of carbonyl (C=O) groups is 2. The highest BCUT2D eigenvalue weighted by atomic mass is 32.1. The molecule has 2 amide bonds. The molecule has 1 N–H and O–H groups in total. The van der Waals surface area contributed by atoms with Crippen molar-refractivity contribution in [1.29, 1.82) is 0 Å². The lowest BCUT2D eigenvalue weighted by Crippen LogP contribution is -2.39. The highest BCUT2D eigenvalue weighted by Gasteiger charge is 2.27. The van der Waals surface area contributed by atoms with Crippen LogP contribution in [0, 0.1) is 25.6 Å². The molecule has 1 aromatic heterocycles. The molecule has 33 heavy (non-hydrogen) atoms. The maximum absolute atomic E-state index is 13.1. The maximum Gasteiger partial charge on any atom is 0.265 e. The zero-order chi connectivity index (χ0) is 23.4. The third kappa shape index (κ3) is 5.85. The van der Waals surface area contributed by atoms with Crippen LogP contribution in [0.2, 0.25) is 0 Å². The van der Waals surface area contributed by atoms with E-state index < -0.39 is 0 Å². The lowest BCUT2D eigenvalue weighted by molar-refractivity contribution is -0.122. The van der Waals surface area contributed by atoms with Crippen molar-refractivity contribution in [3.63, 3.8) is 0 Å². The Balaban J connectivity index is 1.28. The smallest absolute Gasteiger partial charge is 0.265 e. The van der Waals surface area contributed by atoms with Crippen molar-refractivity contribution < 1.29 is 14.0 Å². The van der Waals surface area contributed by atoms with Gasteiger partial charge in [0.25, 0.3) is 5.91 Å². The van der Waals surface area contributed by atoms with Gasteiger partial charge in [-0.05, 0) is 50.3 Å². The van der Waals surface area contributed by atoms with E-state index in [9.17, 15) is 14.0 Å². The average Bonchev–Trinajstić information content (AvgIpc) is 3.20. The van der Waals surface area contributed by atoms with Gasteiger partial charge in [0, 0.05) is 31.6 Å². The molecule has 2 heterocycles. The largest absolute Gasteiger partial charge is 0.352 e. The first kappa shape index (κ1) is 23.1. The molecule has 0 radical (unpaired) electrons. The van der Waals surface area contributed by atoms with E-state index in [2.05, 4.69) is 10.3 Å². The van der Waals surface area contributed by atoms with Crippen molar-refractivity contribution in [1.82, 2.24) is 15.2 Å². The number of nitrogens with one attached hydrogen (secondary N) is 1.